The fraction of sp³-hybridized carbons (Fsp3) is 0.250. The van der Waals surface area contributed by atoms with Gasteiger partial charge in [0.05, 0.1) is 4.90 Å². The lowest BCUT2D eigenvalue weighted by molar-refractivity contribution is 0.530. The van der Waals surface area contributed by atoms with Crippen LogP contribution in [0.2, 0.25) is 0 Å². The van der Waals surface area contributed by atoms with Crippen molar-refractivity contribution in [3.05, 3.63) is 65.2 Å². The van der Waals surface area contributed by atoms with Crippen molar-refractivity contribution in [1.82, 2.24) is 5.32 Å². The van der Waals surface area contributed by atoms with Gasteiger partial charge in [-0.3, -0.25) is 0 Å². The molecule has 1 unspecified atom stereocenters. The Bertz CT molecular complexity index is 739. The van der Waals surface area contributed by atoms with Crippen LogP contribution >= 0.6 is 0 Å². The molecule has 3 rings (SSSR count). The summed E-state index contributed by atoms with van der Waals surface area (Å²) in [7, 11) is -3.61. The molecule has 0 saturated heterocycles. The Morgan fingerprint density at radius 2 is 1.81 bits per heavy atom. The summed E-state index contributed by atoms with van der Waals surface area (Å²) in [6.07, 6.45) is 2.22. The van der Waals surface area contributed by atoms with Crippen LogP contribution in [0.3, 0.4) is 0 Å². The molecule has 1 aliphatic carbocycles. The van der Waals surface area contributed by atoms with E-state index in [0.29, 0.717) is 12.6 Å². The van der Waals surface area contributed by atoms with E-state index in [0.717, 1.165) is 18.4 Å². The van der Waals surface area contributed by atoms with Gasteiger partial charge in [-0.2, -0.15) is 0 Å². The summed E-state index contributed by atoms with van der Waals surface area (Å²) in [4.78, 5) is 0.150. The predicted octanol–water partition coefficient (Wildman–Crippen LogP) is 2.11. The normalized spacial score (nSPS) is 17.7. The SMILES string of the molecule is NS(=O)(=O)c1ccc(CNC2CCc3ccccc32)cc1. The molecule has 2 aromatic rings. The summed E-state index contributed by atoms with van der Waals surface area (Å²) in [5, 5.41) is 8.62. The highest BCUT2D eigenvalue weighted by atomic mass is 32.2. The number of primary sulfonamides is 1. The van der Waals surface area contributed by atoms with Crippen LogP contribution in [0, 0.1) is 0 Å². The lowest BCUT2D eigenvalue weighted by Gasteiger charge is -2.14. The molecule has 0 fully saturated rings. The maximum atomic E-state index is 11.2. The first-order valence-corrected chi connectivity index (χ1v) is 8.51. The van der Waals surface area contributed by atoms with E-state index >= 15 is 0 Å². The quantitative estimate of drug-likeness (QED) is 0.908. The molecular weight excluding hydrogens is 284 g/mol. The van der Waals surface area contributed by atoms with Crippen LogP contribution in [-0.2, 0) is 23.0 Å². The highest BCUT2D eigenvalue weighted by molar-refractivity contribution is 7.89. The smallest absolute Gasteiger partial charge is 0.238 e. The largest absolute Gasteiger partial charge is 0.306 e. The molecule has 110 valence electrons. The van der Waals surface area contributed by atoms with Crippen molar-refractivity contribution in [1.29, 1.82) is 0 Å². The first-order chi connectivity index (χ1) is 10.0. The van der Waals surface area contributed by atoms with Crippen LogP contribution in [-0.4, -0.2) is 8.42 Å². The van der Waals surface area contributed by atoms with Crippen molar-refractivity contribution < 1.29 is 8.42 Å². The summed E-state index contributed by atoms with van der Waals surface area (Å²) in [5.74, 6) is 0. The Hall–Kier alpha value is -1.69. The molecule has 0 saturated carbocycles. The van der Waals surface area contributed by atoms with Gasteiger partial charge in [-0.15, -0.1) is 0 Å². The Balaban J connectivity index is 1.67. The van der Waals surface area contributed by atoms with Crippen molar-refractivity contribution >= 4 is 10.0 Å². The number of fused-ring (bicyclic) bond motifs is 1. The first kappa shape index (κ1) is 14.3. The molecule has 5 heteroatoms. The van der Waals surface area contributed by atoms with Crippen molar-refractivity contribution in [2.75, 3.05) is 0 Å². The van der Waals surface area contributed by atoms with Crippen LogP contribution in [0.4, 0.5) is 0 Å². The topological polar surface area (TPSA) is 72.2 Å². The zero-order valence-corrected chi connectivity index (χ0v) is 12.4. The molecule has 0 radical (unpaired) electrons. The fourth-order valence-electron chi connectivity index (χ4n) is 2.81. The highest BCUT2D eigenvalue weighted by Gasteiger charge is 2.20. The molecule has 0 bridgehead atoms. The summed E-state index contributed by atoms with van der Waals surface area (Å²) < 4.78 is 22.4. The van der Waals surface area contributed by atoms with Crippen LogP contribution in [0.25, 0.3) is 0 Å². The van der Waals surface area contributed by atoms with Gasteiger partial charge in [-0.1, -0.05) is 36.4 Å². The number of hydrogen-bond donors (Lipinski definition) is 2. The van der Waals surface area contributed by atoms with E-state index < -0.39 is 10.0 Å². The Morgan fingerprint density at radius 3 is 2.52 bits per heavy atom. The van der Waals surface area contributed by atoms with Crippen LogP contribution in [0.1, 0.15) is 29.2 Å². The van der Waals surface area contributed by atoms with E-state index in [-0.39, 0.29) is 4.90 Å². The number of sulfonamides is 1. The number of benzene rings is 2. The third-order valence-corrected chi connectivity index (χ3v) is 4.87. The van der Waals surface area contributed by atoms with Gasteiger partial charge in [0.25, 0.3) is 0 Å². The maximum Gasteiger partial charge on any atom is 0.238 e. The summed E-state index contributed by atoms with van der Waals surface area (Å²) >= 11 is 0. The number of rotatable bonds is 4. The second-order valence-electron chi connectivity index (χ2n) is 5.36. The van der Waals surface area contributed by atoms with E-state index in [1.807, 2.05) is 0 Å². The molecule has 0 aromatic heterocycles. The van der Waals surface area contributed by atoms with Gasteiger partial charge in [0, 0.05) is 12.6 Å². The number of nitrogens with two attached hydrogens (primary N) is 1. The van der Waals surface area contributed by atoms with Crippen molar-refractivity contribution in [3.63, 3.8) is 0 Å². The summed E-state index contributed by atoms with van der Waals surface area (Å²) in [6.45, 7) is 0.712. The number of aryl methyl sites for hydroxylation is 1. The molecule has 3 N–H and O–H groups in total. The molecule has 0 spiro atoms. The van der Waals surface area contributed by atoms with E-state index in [1.165, 1.54) is 11.1 Å². The Morgan fingerprint density at radius 1 is 1.10 bits per heavy atom. The zero-order chi connectivity index (χ0) is 14.9. The number of hydrogen-bond acceptors (Lipinski definition) is 3. The van der Waals surface area contributed by atoms with Gasteiger partial charge in [0.2, 0.25) is 10.0 Å². The molecule has 0 heterocycles. The van der Waals surface area contributed by atoms with Gasteiger partial charge in [0.1, 0.15) is 0 Å². The lowest BCUT2D eigenvalue weighted by atomic mass is 10.1. The van der Waals surface area contributed by atoms with Gasteiger partial charge in [0.15, 0.2) is 0 Å². The summed E-state index contributed by atoms with van der Waals surface area (Å²) in [6, 6.07) is 15.6. The minimum atomic E-state index is -3.61. The fourth-order valence-corrected chi connectivity index (χ4v) is 3.32. The predicted molar refractivity (Wildman–Crippen MR) is 82.2 cm³/mol. The maximum absolute atomic E-state index is 11.2. The molecule has 2 aromatic carbocycles. The first-order valence-electron chi connectivity index (χ1n) is 6.97. The minimum Gasteiger partial charge on any atom is -0.306 e. The van der Waals surface area contributed by atoms with Crippen LogP contribution in [0.5, 0.6) is 0 Å². The van der Waals surface area contributed by atoms with Crippen LogP contribution < -0.4 is 10.5 Å². The monoisotopic (exact) mass is 302 g/mol. The van der Waals surface area contributed by atoms with Gasteiger partial charge >= 0.3 is 0 Å². The molecule has 4 nitrogen and oxygen atoms in total. The van der Waals surface area contributed by atoms with Crippen molar-refractivity contribution in [2.24, 2.45) is 5.14 Å². The third kappa shape index (κ3) is 3.15. The highest BCUT2D eigenvalue weighted by Crippen LogP contribution is 2.30. The lowest BCUT2D eigenvalue weighted by Crippen LogP contribution is -2.18. The van der Waals surface area contributed by atoms with E-state index in [1.54, 1.807) is 24.3 Å². The molecule has 1 atom stereocenters. The molecular formula is C16H18N2O2S. The van der Waals surface area contributed by atoms with Crippen molar-refractivity contribution in [2.45, 2.75) is 30.3 Å². The average molecular weight is 302 g/mol. The van der Waals surface area contributed by atoms with Crippen molar-refractivity contribution in [3.8, 4) is 0 Å². The Labute approximate surface area is 125 Å². The molecule has 0 aliphatic heterocycles. The van der Waals surface area contributed by atoms with E-state index in [9.17, 15) is 8.42 Å². The number of nitrogens with one attached hydrogen (secondary N) is 1. The van der Waals surface area contributed by atoms with Gasteiger partial charge in [-0.05, 0) is 41.7 Å². The average Bonchev–Trinajstić information content (AvgIpc) is 2.88. The molecule has 21 heavy (non-hydrogen) atoms. The molecule has 0 amide bonds. The van der Waals surface area contributed by atoms with Gasteiger partial charge in [-0.25, -0.2) is 13.6 Å². The van der Waals surface area contributed by atoms with E-state index in [4.69, 9.17) is 5.14 Å². The second kappa shape index (κ2) is 5.60. The van der Waals surface area contributed by atoms with E-state index in [2.05, 4.69) is 29.6 Å². The molecule has 1 aliphatic rings. The summed E-state index contributed by atoms with van der Waals surface area (Å²) in [5.41, 5.74) is 3.84. The second-order valence-corrected chi connectivity index (χ2v) is 6.92. The van der Waals surface area contributed by atoms with Gasteiger partial charge < -0.3 is 5.32 Å². The van der Waals surface area contributed by atoms with Crippen LogP contribution in [0.15, 0.2) is 53.4 Å². The Kier molecular flexibility index (Phi) is 3.80. The zero-order valence-electron chi connectivity index (χ0n) is 11.6. The standard InChI is InChI=1S/C16H18N2O2S/c17-21(19,20)14-8-5-12(6-9-14)11-18-16-10-7-13-3-1-2-4-15(13)16/h1-6,8-9,16,18H,7,10-11H2,(H2,17,19,20). The third-order valence-electron chi connectivity index (χ3n) is 3.94. The minimum absolute atomic E-state index is 0.150.